The predicted molar refractivity (Wildman–Crippen MR) is 111 cm³/mol. The molecule has 0 amide bonds. The highest BCUT2D eigenvalue weighted by Gasteiger charge is 2.23. The van der Waals surface area contributed by atoms with Crippen molar-refractivity contribution in [1.82, 2.24) is 4.98 Å². The van der Waals surface area contributed by atoms with Gasteiger partial charge in [-0.2, -0.15) is 0 Å². The lowest BCUT2D eigenvalue weighted by molar-refractivity contribution is 0.538. The van der Waals surface area contributed by atoms with E-state index in [2.05, 4.69) is 9.62 Å². The fourth-order valence-corrected chi connectivity index (χ4v) is 4.21. The van der Waals surface area contributed by atoms with Crippen LogP contribution in [-0.4, -0.2) is 26.2 Å². The molecular formula is C21H23N3O3S. The van der Waals surface area contributed by atoms with E-state index < -0.39 is 10.0 Å². The molecule has 2 heterocycles. The maximum atomic E-state index is 11.7. The van der Waals surface area contributed by atoms with E-state index in [0.29, 0.717) is 18.1 Å². The Balaban J connectivity index is 1.63. The zero-order valence-electron chi connectivity index (χ0n) is 16.0. The number of hydrogen-bond donors (Lipinski definition) is 1. The van der Waals surface area contributed by atoms with Crippen molar-refractivity contribution in [3.05, 3.63) is 65.5 Å². The SMILES string of the molecule is Cc1oc(-c2ccccc2)nc1CN1CCCc2c(NS(C)(=O)=O)cccc21. The van der Waals surface area contributed by atoms with Crippen molar-refractivity contribution in [2.24, 2.45) is 0 Å². The van der Waals surface area contributed by atoms with Gasteiger partial charge >= 0.3 is 0 Å². The second-order valence-electron chi connectivity index (χ2n) is 7.09. The van der Waals surface area contributed by atoms with Crippen LogP contribution in [0.5, 0.6) is 0 Å². The van der Waals surface area contributed by atoms with Gasteiger partial charge in [0.25, 0.3) is 0 Å². The molecule has 1 aliphatic heterocycles. The van der Waals surface area contributed by atoms with Gasteiger partial charge in [0.15, 0.2) is 0 Å². The number of aryl methyl sites for hydroxylation is 1. The summed E-state index contributed by atoms with van der Waals surface area (Å²) in [5.74, 6) is 1.43. The van der Waals surface area contributed by atoms with E-state index in [1.165, 1.54) is 6.26 Å². The number of benzene rings is 2. The molecular weight excluding hydrogens is 374 g/mol. The summed E-state index contributed by atoms with van der Waals surface area (Å²) in [6.07, 6.45) is 2.98. The molecule has 0 saturated carbocycles. The minimum atomic E-state index is -3.32. The average molecular weight is 398 g/mol. The van der Waals surface area contributed by atoms with Crippen LogP contribution in [0.15, 0.2) is 52.9 Å². The number of nitrogens with one attached hydrogen (secondary N) is 1. The lowest BCUT2D eigenvalue weighted by Gasteiger charge is -2.32. The number of anilines is 2. The summed E-state index contributed by atoms with van der Waals surface area (Å²) in [7, 11) is -3.32. The van der Waals surface area contributed by atoms with Gasteiger partial charge in [-0.1, -0.05) is 24.3 Å². The van der Waals surface area contributed by atoms with Gasteiger partial charge in [0.2, 0.25) is 15.9 Å². The van der Waals surface area contributed by atoms with Crippen molar-refractivity contribution < 1.29 is 12.8 Å². The van der Waals surface area contributed by atoms with E-state index in [0.717, 1.165) is 47.7 Å². The molecule has 1 aliphatic rings. The third-order valence-corrected chi connectivity index (χ3v) is 5.49. The number of aromatic nitrogens is 1. The molecule has 0 saturated heterocycles. The van der Waals surface area contributed by atoms with Crippen LogP contribution >= 0.6 is 0 Å². The lowest BCUT2D eigenvalue weighted by atomic mass is 9.99. The number of sulfonamides is 1. The molecule has 7 heteroatoms. The van der Waals surface area contributed by atoms with Crippen molar-refractivity contribution in [3.63, 3.8) is 0 Å². The second-order valence-corrected chi connectivity index (χ2v) is 8.84. The van der Waals surface area contributed by atoms with Gasteiger partial charge in [-0.25, -0.2) is 13.4 Å². The monoisotopic (exact) mass is 397 g/mol. The molecule has 1 N–H and O–H groups in total. The van der Waals surface area contributed by atoms with Crippen LogP contribution in [0.2, 0.25) is 0 Å². The van der Waals surface area contributed by atoms with Gasteiger partial charge in [-0.15, -0.1) is 0 Å². The first kappa shape index (κ1) is 18.6. The number of oxazole rings is 1. The molecule has 2 aromatic carbocycles. The second kappa shape index (κ2) is 7.31. The first-order valence-electron chi connectivity index (χ1n) is 9.27. The number of fused-ring (bicyclic) bond motifs is 1. The molecule has 0 fully saturated rings. The van der Waals surface area contributed by atoms with Gasteiger partial charge in [-0.3, -0.25) is 4.72 Å². The van der Waals surface area contributed by atoms with Crippen molar-refractivity contribution in [2.75, 3.05) is 22.4 Å². The van der Waals surface area contributed by atoms with Crippen LogP contribution in [0.4, 0.5) is 11.4 Å². The highest BCUT2D eigenvalue weighted by atomic mass is 32.2. The van der Waals surface area contributed by atoms with Crippen molar-refractivity contribution in [2.45, 2.75) is 26.3 Å². The van der Waals surface area contributed by atoms with E-state index in [1.807, 2.05) is 55.5 Å². The van der Waals surface area contributed by atoms with E-state index in [1.54, 1.807) is 0 Å². The summed E-state index contributed by atoms with van der Waals surface area (Å²) < 4.78 is 31.9. The topological polar surface area (TPSA) is 75.4 Å². The molecule has 28 heavy (non-hydrogen) atoms. The van der Waals surface area contributed by atoms with Crippen molar-refractivity contribution >= 4 is 21.4 Å². The molecule has 0 unspecified atom stereocenters. The third-order valence-electron chi connectivity index (χ3n) is 4.90. The summed E-state index contributed by atoms with van der Waals surface area (Å²) in [5, 5.41) is 0. The van der Waals surface area contributed by atoms with Crippen LogP contribution in [0, 0.1) is 6.92 Å². The Kier molecular flexibility index (Phi) is 4.85. The van der Waals surface area contributed by atoms with Gasteiger partial charge in [0.05, 0.1) is 18.5 Å². The standard InChI is InChI=1S/C21H23N3O3S/c1-15-19(22-21(27-15)16-8-4-3-5-9-16)14-24-13-7-10-17-18(23-28(2,25)26)11-6-12-20(17)24/h3-6,8-9,11-12,23H,7,10,13-14H2,1-2H3. The van der Waals surface area contributed by atoms with E-state index >= 15 is 0 Å². The molecule has 0 spiro atoms. The Morgan fingerprint density at radius 2 is 1.93 bits per heavy atom. The van der Waals surface area contributed by atoms with Crippen LogP contribution in [0.25, 0.3) is 11.5 Å². The van der Waals surface area contributed by atoms with Gasteiger partial charge < -0.3 is 9.32 Å². The average Bonchev–Trinajstić information content (AvgIpc) is 3.03. The summed E-state index contributed by atoms with van der Waals surface area (Å²) in [5.41, 5.74) is 4.59. The van der Waals surface area contributed by atoms with Gasteiger partial charge in [0.1, 0.15) is 11.5 Å². The maximum absolute atomic E-state index is 11.7. The van der Waals surface area contributed by atoms with Crippen LogP contribution in [0.3, 0.4) is 0 Å². The number of rotatable bonds is 5. The largest absolute Gasteiger partial charge is 0.441 e. The van der Waals surface area contributed by atoms with Crippen LogP contribution in [0.1, 0.15) is 23.4 Å². The smallest absolute Gasteiger partial charge is 0.229 e. The van der Waals surface area contributed by atoms with Gasteiger partial charge in [-0.05, 0) is 49.6 Å². The molecule has 146 valence electrons. The fraction of sp³-hybridized carbons (Fsp3) is 0.286. The number of hydrogen-bond acceptors (Lipinski definition) is 5. The Morgan fingerprint density at radius 3 is 2.68 bits per heavy atom. The minimum Gasteiger partial charge on any atom is -0.441 e. The Morgan fingerprint density at radius 1 is 1.14 bits per heavy atom. The minimum absolute atomic E-state index is 0.623. The lowest BCUT2D eigenvalue weighted by Crippen LogP contribution is -2.30. The first-order chi connectivity index (χ1) is 13.4. The van der Waals surface area contributed by atoms with Crippen LogP contribution in [-0.2, 0) is 23.0 Å². The summed E-state index contributed by atoms with van der Waals surface area (Å²) in [4.78, 5) is 6.95. The zero-order valence-corrected chi connectivity index (χ0v) is 16.8. The van der Waals surface area contributed by atoms with E-state index in [-0.39, 0.29) is 0 Å². The summed E-state index contributed by atoms with van der Waals surface area (Å²) in [6.45, 7) is 3.45. The highest BCUT2D eigenvalue weighted by molar-refractivity contribution is 7.92. The van der Waals surface area contributed by atoms with Crippen LogP contribution < -0.4 is 9.62 Å². The van der Waals surface area contributed by atoms with E-state index in [4.69, 9.17) is 9.40 Å². The van der Waals surface area contributed by atoms with Crippen molar-refractivity contribution in [3.8, 4) is 11.5 Å². The Labute approximate surface area is 165 Å². The maximum Gasteiger partial charge on any atom is 0.229 e. The number of nitrogens with zero attached hydrogens (tertiary/aromatic N) is 2. The molecule has 0 aliphatic carbocycles. The first-order valence-corrected chi connectivity index (χ1v) is 11.2. The molecule has 0 radical (unpaired) electrons. The summed E-state index contributed by atoms with van der Waals surface area (Å²) >= 11 is 0. The molecule has 6 nitrogen and oxygen atoms in total. The molecule has 4 rings (SSSR count). The Bertz CT molecular complexity index is 1090. The predicted octanol–water partition coefficient (Wildman–Crippen LogP) is 3.97. The summed E-state index contributed by atoms with van der Waals surface area (Å²) in [6, 6.07) is 15.6. The quantitative estimate of drug-likeness (QED) is 0.705. The molecule has 0 bridgehead atoms. The normalized spacial score (nSPS) is 14.0. The molecule has 0 atom stereocenters. The fourth-order valence-electron chi connectivity index (χ4n) is 3.62. The molecule has 1 aromatic heterocycles. The zero-order chi connectivity index (χ0) is 19.7. The highest BCUT2D eigenvalue weighted by Crippen LogP contribution is 2.34. The van der Waals surface area contributed by atoms with Crippen molar-refractivity contribution in [1.29, 1.82) is 0 Å². The molecule has 3 aromatic rings. The third kappa shape index (κ3) is 3.89. The Hall–Kier alpha value is -2.80. The van der Waals surface area contributed by atoms with Gasteiger partial charge in [0, 0.05) is 17.8 Å². The van der Waals surface area contributed by atoms with E-state index in [9.17, 15) is 8.42 Å².